The van der Waals surface area contributed by atoms with E-state index in [0.29, 0.717) is 5.69 Å². The van der Waals surface area contributed by atoms with Gasteiger partial charge >= 0.3 is 0 Å². The highest BCUT2D eigenvalue weighted by Crippen LogP contribution is 2.24. The van der Waals surface area contributed by atoms with E-state index < -0.39 is 6.43 Å². The highest BCUT2D eigenvalue weighted by molar-refractivity contribution is 7.09. The topological polar surface area (TPSA) is 43.6 Å². The molecule has 86 valence electrons. The number of hydrogen-bond acceptors (Lipinski definition) is 4. The lowest BCUT2D eigenvalue weighted by Gasteiger charge is -2.10. The van der Waals surface area contributed by atoms with Gasteiger partial charge in [0.15, 0.2) is 0 Å². The Morgan fingerprint density at radius 3 is 2.69 bits per heavy atom. The molecule has 0 bridgehead atoms. The Morgan fingerprint density at radius 2 is 2.19 bits per heavy atom. The largest absolute Gasteiger partial charge is 0.282 e. The molecule has 0 spiro atoms. The highest BCUT2D eigenvalue weighted by atomic mass is 32.1. The molecule has 0 aliphatic rings. The van der Waals surface area contributed by atoms with Crippen molar-refractivity contribution < 1.29 is 8.78 Å². The van der Waals surface area contributed by atoms with Crippen molar-refractivity contribution >= 4 is 11.3 Å². The zero-order valence-corrected chi connectivity index (χ0v) is 9.58. The lowest BCUT2D eigenvalue weighted by Crippen LogP contribution is -2.10. The summed E-state index contributed by atoms with van der Waals surface area (Å²) < 4.78 is 26.5. The molecule has 2 heterocycles. The minimum atomic E-state index is -2.54. The van der Waals surface area contributed by atoms with Crippen molar-refractivity contribution in [3.05, 3.63) is 28.0 Å². The van der Waals surface area contributed by atoms with E-state index in [-0.39, 0.29) is 11.7 Å². The summed E-state index contributed by atoms with van der Waals surface area (Å²) in [5.41, 5.74) is 2.10. The molecule has 7 heteroatoms. The Kier molecular flexibility index (Phi) is 2.95. The fourth-order valence-electron chi connectivity index (χ4n) is 1.48. The van der Waals surface area contributed by atoms with Crippen LogP contribution in [0.25, 0.3) is 0 Å². The Bertz CT molecular complexity index is 466. The van der Waals surface area contributed by atoms with Crippen LogP contribution in [0, 0.1) is 6.92 Å². The normalized spacial score (nSPS) is 13.3. The first-order valence-electron chi connectivity index (χ1n) is 4.70. The second kappa shape index (κ2) is 4.25. The molecule has 2 aromatic heterocycles. The zero-order chi connectivity index (χ0) is 11.7. The van der Waals surface area contributed by atoms with Gasteiger partial charge in [0, 0.05) is 5.69 Å². The predicted octanol–water partition coefficient (Wildman–Crippen LogP) is 2.59. The molecule has 0 N–H and O–H groups in total. The van der Waals surface area contributed by atoms with E-state index in [4.69, 9.17) is 0 Å². The Morgan fingerprint density at radius 1 is 1.44 bits per heavy atom. The van der Waals surface area contributed by atoms with Gasteiger partial charge in [-0.1, -0.05) is 0 Å². The van der Waals surface area contributed by atoms with Crippen LogP contribution in [0.4, 0.5) is 8.78 Å². The van der Waals surface area contributed by atoms with Crippen molar-refractivity contribution in [3.63, 3.8) is 0 Å². The lowest BCUT2D eigenvalue weighted by atomic mass is 10.3. The van der Waals surface area contributed by atoms with Crippen molar-refractivity contribution in [1.82, 2.24) is 20.0 Å². The van der Waals surface area contributed by atoms with Gasteiger partial charge in [-0.15, -0.1) is 21.5 Å². The molecule has 0 fully saturated rings. The standard InChI is InChI=1S/C9H10F2N4S/c1-5-3-7(8(10)11)14-15(5)6(2)9-13-12-4-16-9/h3-4,6,8H,1-2H3. The fraction of sp³-hybridized carbons (Fsp3) is 0.444. The van der Waals surface area contributed by atoms with Gasteiger partial charge < -0.3 is 0 Å². The number of nitrogens with zero attached hydrogens (tertiary/aromatic N) is 4. The first-order valence-corrected chi connectivity index (χ1v) is 5.58. The van der Waals surface area contributed by atoms with Crippen molar-refractivity contribution in [2.75, 3.05) is 0 Å². The summed E-state index contributed by atoms with van der Waals surface area (Å²) in [6.45, 7) is 3.60. The maximum absolute atomic E-state index is 12.5. The molecule has 16 heavy (non-hydrogen) atoms. The summed E-state index contributed by atoms with van der Waals surface area (Å²) in [5.74, 6) is 0. The van der Waals surface area contributed by atoms with Gasteiger partial charge in [-0.05, 0) is 19.9 Å². The van der Waals surface area contributed by atoms with Gasteiger partial charge in [0.2, 0.25) is 0 Å². The van der Waals surface area contributed by atoms with E-state index >= 15 is 0 Å². The number of hydrogen-bond donors (Lipinski definition) is 0. The van der Waals surface area contributed by atoms with E-state index in [1.54, 1.807) is 17.1 Å². The first-order chi connectivity index (χ1) is 7.59. The summed E-state index contributed by atoms with van der Waals surface area (Å²) in [6, 6.07) is 1.22. The van der Waals surface area contributed by atoms with Gasteiger partial charge in [-0.2, -0.15) is 5.10 Å². The van der Waals surface area contributed by atoms with Crippen molar-refractivity contribution in [2.45, 2.75) is 26.3 Å². The van der Waals surface area contributed by atoms with E-state index in [2.05, 4.69) is 15.3 Å². The van der Waals surface area contributed by atoms with Crippen LogP contribution < -0.4 is 0 Å². The summed E-state index contributed by atoms with van der Waals surface area (Å²) >= 11 is 1.38. The molecule has 2 rings (SSSR count). The average Bonchev–Trinajstić information content (AvgIpc) is 2.84. The molecular formula is C9H10F2N4S. The summed E-state index contributed by atoms with van der Waals surface area (Å²) in [6.07, 6.45) is -2.54. The fourth-order valence-corrected chi connectivity index (χ4v) is 2.07. The van der Waals surface area contributed by atoms with E-state index in [1.807, 2.05) is 6.92 Å². The average molecular weight is 244 g/mol. The van der Waals surface area contributed by atoms with E-state index in [0.717, 1.165) is 5.01 Å². The zero-order valence-electron chi connectivity index (χ0n) is 8.76. The summed E-state index contributed by atoms with van der Waals surface area (Å²) in [5, 5.41) is 12.3. The lowest BCUT2D eigenvalue weighted by molar-refractivity contribution is 0.145. The van der Waals surface area contributed by atoms with Crippen LogP contribution in [-0.2, 0) is 0 Å². The first kappa shape index (κ1) is 11.1. The molecule has 0 saturated carbocycles. The molecule has 0 aliphatic carbocycles. The number of aryl methyl sites for hydroxylation is 1. The summed E-state index contributed by atoms with van der Waals surface area (Å²) in [4.78, 5) is 0. The highest BCUT2D eigenvalue weighted by Gasteiger charge is 2.19. The second-order valence-electron chi connectivity index (χ2n) is 3.41. The number of alkyl halides is 2. The minimum Gasteiger partial charge on any atom is -0.260 e. The quantitative estimate of drug-likeness (QED) is 0.833. The molecule has 0 aliphatic heterocycles. The van der Waals surface area contributed by atoms with Crippen LogP contribution in [0.5, 0.6) is 0 Å². The molecule has 2 aromatic rings. The smallest absolute Gasteiger partial charge is 0.260 e. The number of halogens is 2. The second-order valence-corrected chi connectivity index (χ2v) is 4.27. The maximum atomic E-state index is 12.5. The molecular weight excluding hydrogens is 234 g/mol. The monoisotopic (exact) mass is 244 g/mol. The molecule has 0 radical (unpaired) electrons. The van der Waals surface area contributed by atoms with Gasteiger partial charge in [0.25, 0.3) is 6.43 Å². The molecule has 4 nitrogen and oxygen atoms in total. The van der Waals surface area contributed by atoms with Gasteiger partial charge in [-0.3, -0.25) is 4.68 Å². The van der Waals surface area contributed by atoms with Crippen molar-refractivity contribution in [2.24, 2.45) is 0 Å². The van der Waals surface area contributed by atoms with Crippen LogP contribution in [0.3, 0.4) is 0 Å². The van der Waals surface area contributed by atoms with Crippen molar-refractivity contribution in [3.8, 4) is 0 Å². The third kappa shape index (κ3) is 1.95. The van der Waals surface area contributed by atoms with Gasteiger partial charge in [0.1, 0.15) is 22.3 Å². The Labute approximate surface area is 94.9 Å². The predicted molar refractivity (Wildman–Crippen MR) is 55.6 cm³/mol. The molecule has 0 amide bonds. The third-order valence-electron chi connectivity index (χ3n) is 2.27. The van der Waals surface area contributed by atoms with E-state index in [9.17, 15) is 8.78 Å². The van der Waals surface area contributed by atoms with Crippen LogP contribution in [0.15, 0.2) is 11.6 Å². The third-order valence-corrected chi connectivity index (χ3v) is 3.13. The van der Waals surface area contributed by atoms with Crippen LogP contribution in [0.1, 0.15) is 35.8 Å². The van der Waals surface area contributed by atoms with Crippen LogP contribution >= 0.6 is 11.3 Å². The van der Waals surface area contributed by atoms with Crippen LogP contribution in [0.2, 0.25) is 0 Å². The molecule has 1 atom stereocenters. The van der Waals surface area contributed by atoms with Gasteiger partial charge in [0.05, 0.1) is 0 Å². The summed E-state index contributed by atoms with van der Waals surface area (Å²) in [7, 11) is 0. The number of rotatable bonds is 3. The molecule has 1 unspecified atom stereocenters. The minimum absolute atomic E-state index is 0.167. The molecule has 0 aromatic carbocycles. The number of aromatic nitrogens is 4. The Balaban J connectivity index is 2.33. The molecule has 0 saturated heterocycles. The van der Waals surface area contributed by atoms with E-state index in [1.165, 1.54) is 17.4 Å². The Hall–Kier alpha value is -1.37. The van der Waals surface area contributed by atoms with Crippen molar-refractivity contribution in [1.29, 1.82) is 0 Å². The maximum Gasteiger partial charge on any atom is 0.282 e. The SMILES string of the molecule is Cc1cc(C(F)F)nn1C(C)c1nncs1. The van der Waals surface area contributed by atoms with Crippen LogP contribution in [-0.4, -0.2) is 20.0 Å². The van der Waals surface area contributed by atoms with Gasteiger partial charge in [-0.25, -0.2) is 8.78 Å².